The van der Waals surface area contributed by atoms with Crippen LogP contribution in [0.4, 0.5) is 0 Å². The molecule has 2 fully saturated rings. The maximum absolute atomic E-state index is 5.98. The van der Waals surface area contributed by atoms with Crippen molar-refractivity contribution < 1.29 is 4.74 Å². The van der Waals surface area contributed by atoms with E-state index in [1.807, 2.05) is 0 Å². The highest BCUT2D eigenvalue weighted by atomic mass is 16.5. The van der Waals surface area contributed by atoms with E-state index in [4.69, 9.17) is 10.5 Å². The van der Waals surface area contributed by atoms with E-state index < -0.39 is 0 Å². The topological polar surface area (TPSA) is 38.5 Å². The monoisotopic (exact) mass is 226 g/mol. The summed E-state index contributed by atoms with van der Waals surface area (Å²) in [5, 5.41) is 0. The summed E-state index contributed by atoms with van der Waals surface area (Å²) in [7, 11) is 0. The third-order valence-electron chi connectivity index (χ3n) is 4.46. The molecule has 2 aliphatic rings. The predicted molar refractivity (Wildman–Crippen MR) is 66.3 cm³/mol. The van der Waals surface area contributed by atoms with Crippen LogP contribution in [-0.2, 0) is 4.74 Å². The molecule has 0 aromatic heterocycles. The fourth-order valence-electron chi connectivity index (χ4n) is 3.11. The van der Waals surface area contributed by atoms with Gasteiger partial charge in [-0.05, 0) is 24.7 Å². The molecule has 94 valence electrons. The minimum Gasteiger partial charge on any atom is -0.381 e. The van der Waals surface area contributed by atoms with Crippen molar-refractivity contribution in [2.75, 3.05) is 39.4 Å². The van der Waals surface area contributed by atoms with Gasteiger partial charge in [-0.15, -0.1) is 0 Å². The molecule has 3 nitrogen and oxygen atoms in total. The lowest BCUT2D eigenvalue weighted by Crippen LogP contribution is -2.47. The summed E-state index contributed by atoms with van der Waals surface area (Å²) < 4.78 is 5.63. The van der Waals surface area contributed by atoms with Crippen molar-refractivity contribution in [3.63, 3.8) is 0 Å². The van der Waals surface area contributed by atoms with Crippen LogP contribution < -0.4 is 5.73 Å². The summed E-state index contributed by atoms with van der Waals surface area (Å²) in [6.45, 7) is 10.9. The van der Waals surface area contributed by atoms with Gasteiger partial charge >= 0.3 is 0 Å². The Bertz CT molecular complexity index is 216. The summed E-state index contributed by atoms with van der Waals surface area (Å²) in [5.41, 5.74) is 6.22. The molecule has 2 N–H and O–H groups in total. The highest BCUT2D eigenvalue weighted by Gasteiger charge is 2.36. The van der Waals surface area contributed by atoms with Gasteiger partial charge in [0, 0.05) is 38.2 Å². The van der Waals surface area contributed by atoms with E-state index >= 15 is 0 Å². The van der Waals surface area contributed by atoms with Crippen LogP contribution in [0.1, 0.15) is 26.7 Å². The van der Waals surface area contributed by atoms with Crippen molar-refractivity contribution in [2.45, 2.75) is 26.7 Å². The molecule has 0 aromatic rings. The highest BCUT2D eigenvalue weighted by molar-refractivity contribution is 4.89. The minimum atomic E-state index is 0.238. The third kappa shape index (κ3) is 2.58. The van der Waals surface area contributed by atoms with Crippen LogP contribution >= 0.6 is 0 Å². The molecule has 0 amide bonds. The second-order valence-electron chi connectivity index (χ2n) is 6.01. The third-order valence-corrected chi connectivity index (χ3v) is 4.46. The fourth-order valence-corrected chi connectivity index (χ4v) is 3.11. The quantitative estimate of drug-likeness (QED) is 0.789. The summed E-state index contributed by atoms with van der Waals surface area (Å²) in [4.78, 5) is 2.59. The number of hydrogen-bond acceptors (Lipinski definition) is 3. The average Bonchev–Trinajstić information content (AvgIpc) is 2.59. The van der Waals surface area contributed by atoms with Crippen LogP contribution in [0.5, 0.6) is 0 Å². The summed E-state index contributed by atoms with van der Waals surface area (Å²) in [6, 6.07) is 0. The Balaban J connectivity index is 1.91. The molecule has 3 unspecified atom stereocenters. The van der Waals surface area contributed by atoms with E-state index in [1.165, 1.54) is 25.9 Å². The minimum absolute atomic E-state index is 0.238. The summed E-state index contributed by atoms with van der Waals surface area (Å²) >= 11 is 0. The Kier molecular flexibility index (Phi) is 3.88. The van der Waals surface area contributed by atoms with Crippen molar-refractivity contribution in [3.8, 4) is 0 Å². The zero-order valence-electron chi connectivity index (χ0n) is 10.7. The van der Waals surface area contributed by atoms with Crippen LogP contribution in [0.25, 0.3) is 0 Å². The Labute approximate surface area is 99.3 Å². The van der Waals surface area contributed by atoms with Gasteiger partial charge in [0.15, 0.2) is 0 Å². The molecule has 0 saturated carbocycles. The van der Waals surface area contributed by atoms with Gasteiger partial charge in [0.25, 0.3) is 0 Å². The van der Waals surface area contributed by atoms with E-state index in [1.54, 1.807) is 0 Å². The maximum atomic E-state index is 5.98. The lowest BCUT2D eigenvalue weighted by atomic mass is 9.82. The van der Waals surface area contributed by atoms with Crippen LogP contribution in [-0.4, -0.2) is 44.3 Å². The molecule has 16 heavy (non-hydrogen) atoms. The molecule has 3 heteroatoms. The molecule has 0 spiro atoms. The number of likely N-dealkylation sites (tertiary alicyclic amines) is 1. The molecule has 2 aliphatic heterocycles. The number of rotatable bonds is 3. The molecule has 0 aromatic carbocycles. The molecular weight excluding hydrogens is 200 g/mol. The van der Waals surface area contributed by atoms with Gasteiger partial charge in [-0.3, -0.25) is 0 Å². The smallest absolute Gasteiger partial charge is 0.0546 e. The molecule has 0 bridgehead atoms. The first kappa shape index (κ1) is 12.3. The predicted octanol–water partition coefficient (Wildman–Crippen LogP) is 1.33. The number of nitrogens with two attached hydrogens (primary N) is 1. The molecule has 2 heterocycles. The lowest BCUT2D eigenvalue weighted by Gasteiger charge is -2.39. The second kappa shape index (κ2) is 5.03. The summed E-state index contributed by atoms with van der Waals surface area (Å²) in [5.74, 6) is 1.67. The zero-order chi connectivity index (χ0) is 11.6. The van der Waals surface area contributed by atoms with Crippen molar-refractivity contribution >= 4 is 0 Å². The van der Waals surface area contributed by atoms with Gasteiger partial charge in [0.1, 0.15) is 0 Å². The van der Waals surface area contributed by atoms with Gasteiger partial charge < -0.3 is 15.4 Å². The van der Waals surface area contributed by atoms with Crippen LogP contribution in [0.3, 0.4) is 0 Å². The molecule has 2 saturated heterocycles. The first-order valence-electron chi connectivity index (χ1n) is 6.65. The van der Waals surface area contributed by atoms with E-state index in [2.05, 4.69) is 18.7 Å². The average molecular weight is 226 g/mol. The maximum Gasteiger partial charge on any atom is 0.0546 e. The fraction of sp³-hybridized carbons (Fsp3) is 1.00. The molecule has 0 radical (unpaired) electrons. The molecule has 0 aliphatic carbocycles. The number of nitrogens with zero attached hydrogens (tertiary/aromatic N) is 1. The standard InChI is InChI=1S/C13H26N2O/c1-11-6-15(7-12(11)2)9-13(8-14)4-3-5-16-10-13/h11-12H,3-10,14H2,1-2H3. The van der Waals surface area contributed by atoms with Crippen molar-refractivity contribution in [1.82, 2.24) is 4.90 Å². The molecular formula is C13H26N2O. The van der Waals surface area contributed by atoms with Crippen molar-refractivity contribution in [3.05, 3.63) is 0 Å². The Morgan fingerprint density at radius 2 is 2.00 bits per heavy atom. The molecule has 2 rings (SSSR count). The van der Waals surface area contributed by atoms with Gasteiger partial charge in [0.2, 0.25) is 0 Å². The Hall–Kier alpha value is -0.120. The Morgan fingerprint density at radius 3 is 2.50 bits per heavy atom. The van der Waals surface area contributed by atoms with E-state index in [0.29, 0.717) is 0 Å². The first-order chi connectivity index (χ1) is 7.65. The number of hydrogen-bond donors (Lipinski definition) is 1. The number of ether oxygens (including phenoxy) is 1. The first-order valence-corrected chi connectivity index (χ1v) is 6.65. The largest absolute Gasteiger partial charge is 0.381 e. The lowest BCUT2D eigenvalue weighted by molar-refractivity contribution is -0.0192. The van der Waals surface area contributed by atoms with E-state index in [9.17, 15) is 0 Å². The van der Waals surface area contributed by atoms with Gasteiger partial charge in [-0.1, -0.05) is 13.8 Å². The van der Waals surface area contributed by atoms with Crippen LogP contribution in [0.2, 0.25) is 0 Å². The van der Waals surface area contributed by atoms with E-state index in [-0.39, 0.29) is 5.41 Å². The van der Waals surface area contributed by atoms with Gasteiger partial charge in [-0.2, -0.15) is 0 Å². The normalized spacial score (nSPS) is 41.4. The highest BCUT2D eigenvalue weighted by Crippen LogP contribution is 2.31. The van der Waals surface area contributed by atoms with Gasteiger partial charge in [-0.25, -0.2) is 0 Å². The van der Waals surface area contributed by atoms with Crippen LogP contribution in [0, 0.1) is 17.3 Å². The zero-order valence-corrected chi connectivity index (χ0v) is 10.7. The van der Waals surface area contributed by atoms with Crippen molar-refractivity contribution in [1.29, 1.82) is 0 Å². The van der Waals surface area contributed by atoms with Crippen LogP contribution in [0.15, 0.2) is 0 Å². The van der Waals surface area contributed by atoms with Crippen molar-refractivity contribution in [2.24, 2.45) is 23.0 Å². The Morgan fingerprint density at radius 1 is 1.31 bits per heavy atom. The molecule has 3 atom stereocenters. The van der Waals surface area contributed by atoms with E-state index in [0.717, 1.165) is 38.1 Å². The summed E-state index contributed by atoms with van der Waals surface area (Å²) in [6.07, 6.45) is 2.42. The SMILES string of the molecule is CC1CN(CC2(CN)CCCOC2)CC1C. The van der Waals surface area contributed by atoms with Gasteiger partial charge in [0.05, 0.1) is 6.61 Å². The second-order valence-corrected chi connectivity index (χ2v) is 6.01.